The number of halogens is 1. The fourth-order valence-corrected chi connectivity index (χ4v) is 2.33. The predicted molar refractivity (Wildman–Crippen MR) is 90.3 cm³/mol. The van der Waals surface area contributed by atoms with Gasteiger partial charge in [-0.3, -0.25) is 4.90 Å². The molecule has 0 saturated carbocycles. The molecule has 4 heteroatoms. The summed E-state index contributed by atoms with van der Waals surface area (Å²) in [6.07, 6.45) is 0. The number of hydrogen-bond acceptors (Lipinski definition) is 3. The van der Waals surface area contributed by atoms with Gasteiger partial charge >= 0.3 is 0 Å². The van der Waals surface area contributed by atoms with E-state index in [1.807, 2.05) is 24.3 Å². The zero-order valence-electron chi connectivity index (χ0n) is 12.3. The second-order valence-corrected chi connectivity index (χ2v) is 5.98. The molecular formula is C17H21BrN2O. The summed E-state index contributed by atoms with van der Waals surface area (Å²) < 4.78 is 6.88. The van der Waals surface area contributed by atoms with E-state index in [4.69, 9.17) is 10.5 Å². The van der Waals surface area contributed by atoms with Crippen LogP contribution in [0.2, 0.25) is 0 Å². The highest BCUT2D eigenvalue weighted by Crippen LogP contribution is 2.13. The van der Waals surface area contributed by atoms with Gasteiger partial charge in [0, 0.05) is 24.1 Å². The van der Waals surface area contributed by atoms with E-state index in [1.54, 1.807) is 0 Å². The first kappa shape index (κ1) is 16.0. The number of nitrogens with two attached hydrogens (primary N) is 1. The van der Waals surface area contributed by atoms with E-state index in [-0.39, 0.29) is 0 Å². The molecule has 0 amide bonds. The van der Waals surface area contributed by atoms with Crippen LogP contribution in [0.4, 0.5) is 0 Å². The molecule has 0 atom stereocenters. The van der Waals surface area contributed by atoms with E-state index in [0.29, 0.717) is 13.2 Å². The normalized spacial score (nSPS) is 10.9. The topological polar surface area (TPSA) is 38.5 Å². The lowest BCUT2D eigenvalue weighted by Crippen LogP contribution is -2.23. The summed E-state index contributed by atoms with van der Waals surface area (Å²) in [6, 6.07) is 16.3. The standard InChI is InChI=1S/C17H21BrN2O/c1-20(13-14-5-7-16(18)8-6-14)9-10-21-17-4-2-3-15(11-17)12-19/h2-8,11H,9-10,12-13,19H2,1H3. The van der Waals surface area contributed by atoms with Gasteiger partial charge in [0.2, 0.25) is 0 Å². The van der Waals surface area contributed by atoms with Crippen LogP contribution in [-0.2, 0) is 13.1 Å². The van der Waals surface area contributed by atoms with Crippen molar-refractivity contribution in [3.8, 4) is 5.75 Å². The molecule has 21 heavy (non-hydrogen) atoms. The van der Waals surface area contributed by atoms with E-state index < -0.39 is 0 Å². The Kier molecular flexibility index (Phi) is 6.23. The number of benzene rings is 2. The Morgan fingerprint density at radius 3 is 2.57 bits per heavy atom. The van der Waals surface area contributed by atoms with Crippen LogP contribution < -0.4 is 10.5 Å². The molecule has 0 aliphatic carbocycles. The molecule has 2 aromatic rings. The summed E-state index contributed by atoms with van der Waals surface area (Å²) in [6.45, 7) is 3.00. The van der Waals surface area contributed by atoms with Crippen LogP contribution in [0.5, 0.6) is 5.75 Å². The van der Waals surface area contributed by atoms with E-state index >= 15 is 0 Å². The first-order chi connectivity index (χ1) is 10.2. The third-order valence-corrected chi connectivity index (χ3v) is 3.77. The number of hydrogen-bond donors (Lipinski definition) is 1. The van der Waals surface area contributed by atoms with Crippen LogP contribution in [0, 0.1) is 0 Å². The second kappa shape index (κ2) is 8.17. The van der Waals surface area contributed by atoms with Crippen molar-refractivity contribution in [2.24, 2.45) is 5.73 Å². The van der Waals surface area contributed by atoms with Crippen molar-refractivity contribution >= 4 is 15.9 Å². The lowest BCUT2D eigenvalue weighted by atomic mass is 10.2. The quantitative estimate of drug-likeness (QED) is 0.833. The van der Waals surface area contributed by atoms with Gasteiger partial charge in [0.15, 0.2) is 0 Å². The average molecular weight is 349 g/mol. The third kappa shape index (κ3) is 5.50. The Morgan fingerprint density at radius 1 is 1.10 bits per heavy atom. The molecule has 0 fully saturated rings. The van der Waals surface area contributed by atoms with Gasteiger partial charge in [-0.15, -0.1) is 0 Å². The smallest absolute Gasteiger partial charge is 0.119 e. The maximum atomic E-state index is 5.77. The summed E-state index contributed by atoms with van der Waals surface area (Å²) in [5.74, 6) is 0.884. The van der Waals surface area contributed by atoms with Crippen molar-refractivity contribution in [3.63, 3.8) is 0 Å². The molecule has 0 radical (unpaired) electrons. The van der Waals surface area contributed by atoms with Crippen molar-refractivity contribution in [2.75, 3.05) is 20.2 Å². The lowest BCUT2D eigenvalue weighted by Gasteiger charge is -2.17. The highest BCUT2D eigenvalue weighted by Gasteiger charge is 2.02. The highest BCUT2D eigenvalue weighted by molar-refractivity contribution is 9.10. The van der Waals surface area contributed by atoms with Gasteiger partial charge < -0.3 is 10.5 Å². The summed E-state index contributed by atoms with van der Waals surface area (Å²) >= 11 is 3.45. The SMILES string of the molecule is CN(CCOc1cccc(CN)c1)Cc1ccc(Br)cc1. The first-order valence-electron chi connectivity index (χ1n) is 7.02. The Balaban J connectivity index is 1.76. The van der Waals surface area contributed by atoms with Crippen LogP contribution in [0.25, 0.3) is 0 Å². The molecule has 0 aromatic heterocycles. The summed E-state index contributed by atoms with van der Waals surface area (Å²) in [5, 5.41) is 0. The maximum absolute atomic E-state index is 5.77. The molecule has 0 bridgehead atoms. The number of ether oxygens (including phenoxy) is 1. The Hall–Kier alpha value is -1.36. The minimum atomic E-state index is 0.542. The molecule has 0 aliphatic heterocycles. The van der Waals surface area contributed by atoms with Crippen molar-refractivity contribution in [2.45, 2.75) is 13.1 Å². The molecule has 2 aromatic carbocycles. The molecule has 3 nitrogen and oxygen atoms in total. The van der Waals surface area contributed by atoms with Gasteiger partial charge in [-0.25, -0.2) is 0 Å². The Bertz CT molecular complexity index is 557. The average Bonchev–Trinajstić information content (AvgIpc) is 2.50. The van der Waals surface area contributed by atoms with E-state index in [2.05, 4.69) is 52.1 Å². The summed E-state index contributed by atoms with van der Waals surface area (Å²) in [4.78, 5) is 2.25. The summed E-state index contributed by atoms with van der Waals surface area (Å²) in [7, 11) is 2.10. The number of likely N-dealkylation sites (N-methyl/N-ethyl adjacent to an activating group) is 1. The van der Waals surface area contributed by atoms with E-state index in [1.165, 1.54) is 5.56 Å². The fraction of sp³-hybridized carbons (Fsp3) is 0.294. The molecule has 0 unspecified atom stereocenters. The zero-order chi connectivity index (χ0) is 15.1. The molecule has 112 valence electrons. The van der Waals surface area contributed by atoms with Gasteiger partial charge in [0.25, 0.3) is 0 Å². The molecule has 0 aliphatic rings. The van der Waals surface area contributed by atoms with Crippen molar-refractivity contribution < 1.29 is 4.74 Å². The van der Waals surface area contributed by atoms with Crippen molar-refractivity contribution in [1.82, 2.24) is 4.90 Å². The van der Waals surface area contributed by atoms with E-state index in [0.717, 1.165) is 28.9 Å². The highest BCUT2D eigenvalue weighted by atomic mass is 79.9. The summed E-state index contributed by atoms with van der Waals surface area (Å²) in [5.41, 5.74) is 8.02. The van der Waals surface area contributed by atoms with E-state index in [9.17, 15) is 0 Å². The monoisotopic (exact) mass is 348 g/mol. The second-order valence-electron chi connectivity index (χ2n) is 5.06. The minimum absolute atomic E-state index is 0.542. The lowest BCUT2D eigenvalue weighted by molar-refractivity contribution is 0.233. The largest absolute Gasteiger partial charge is 0.492 e. The predicted octanol–water partition coefficient (Wildman–Crippen LogP) is 3.42. The zero-order valence-corrected chi connectivity index (χ0v) is 13.8. The molecule has 0 spiro atoms. The van der Waals surface area contributed by atoms with Gasteiger partial charge in [0.05, 0.1) is 0 Å². The van der Waals surface area contributed by atoms with Gasteiger partial charge in [-0.1, -0.05) is 40.2 Å². The maximum Gasteiger partial charge on any atom is 0.119 e. The van der Waals surface area contributed by atoms with Crippen molar-refractivity contribution in [3.05, 3.63) is 64.1 Å². The minimum Gasteiger partial charge on any atom is -0.492 e. The molecular weight excluding hydrogens is 328 g/mol. The third-order valence-electron chi connectivity index (χ3n) is 3.24. The molecule has 0 saturated heterocycles. The number of nitrogens with zero attached hydrogens (tertiary/aromatic N) is 1. The van der Waals surface area contributed by atoms with Gasteiger partial charge in [0.1, 0.15) is 12.4 Å². The van der Waals surface area contributed by atoms with Crippen LogP contribution in [-0.4, -0.2) is 25.1 Å². The van der Waals surface area contributed by atoms with Crippen LogP contribution >= 0.6 is 15.9 Å². The van der Waals surface area contributed by atoms with Gasteiger partial charge in [-0.05, 0) is 42.4 Å². The van der Waals surface area contributed by atoms with Crippen LogP contribution in [0.3, 0.4) is 0 Å². The first-order valence-corrected chi connectivity index (χ1v) is 7.81. The van der Waals surface area contributed by atoms with Crippen LogP contribution in [0.15, 0.2) is 53.0 Å². The van der Waals surface area contributed by atoms with Crippen molar-refractivity contribution in [1.29, 1.82) is 0 Å². The fourth-order valence-electron chi connectivity index (χ4n) is 2.06. The number of rotatable bonds is 7. The Morgan fingerprint density at radius 2 is 1.86 bits per heavy atom. The van der Waals surface area contributed by atoms with Crippen LogP contribution in [0.1, 0.15) is 11.1 Å². The van der Waals surface area contributed by atoms with Gasteiger partial charge in [-0.2, -0.15) is 0 Å². The molecule has 2 N–H and O–H groups in total. The molecule has 0 heterocycles. The Labute approximate surface area is 134 Å². The molecule has 2 rings (SSSR count).